The van der Waals surface area contributed by atoms with Crippen LogP contribution in [0.1, 0.15) is 24.9 Å². The van der Waals surface area contributed by atoms with Crippen molar-refractivity contribution >= 4 is 40.0 Å². The number of hydrogen-bond donors (Lipinski definition) is 1. The van der Waals surface area contributed by atoms with E-state index in [1.165, 1.54) is 6.07 Å². The summed E-state index contributed by atoms with van der Waals surface area (Å²) in [4.78, 5) is 0. The van der Waals surface area contributed by atoms with Crippen LogP contribution in [0.15, 0.2) is 36.4 Å². The highest BCUT2D eigenvalue weighted by atomic mass is 35.5. The molecule has 3 aromatic rings. The molecule has 0 saturated heterocycles. The van der Waals surface area contributed by atoms with Crippen molar-refractivity contribution in [3.05, 3.63) is 52.8 Å². The van der Waals surface area contributed by atoms with Gasteiger partial charge in [0.1, 0.15) is 16.9 Å². The van der Waals surface area contributed by atoms with Crippen LogP contribution in [-0.2, 0) is 0 Å². The standard InChI is InChI=1S/C15H13ClFN3S/c1-2-12(9-5-3-4-6-11(9)17)18-14-10(16)7-8-13-15(14)20-21-19-13/h3-8,12,18H,2H2,1H3. The first-order valence-electron chi connectivity index (χ1n) is 6.62. The predicted octanol–water partition coefficient (Wildman–Crippen LogP) is 5.05. The molecule has 108 valence electrons. The van der Waals surface area contributed by atoms with Crippen LogP contribution in [0, 0.1) is 5.82 Å². The lowest BCUT2D eigenvalue weighted by molar-refractivity contribution is 0.587. The van der Waals surface area contributed by atoms with E-state index in [0.717, 1.165) is 29.2 Å². The smallest absolute Gasteiger partial charge is 0.129 e. The fraction of sp³-hybridized carbons (Fsp3) is 0.200. The van der Waals surface area contributed by atoms with Crippen molar-refractivity contribution < 1.29 is 4.39 Å². The lowest BCUT2D eigenvalue weighted by atomic mass is 10.0. The molecule has 0 aliphatic carbocycles. The van der Waals surface area contributed by atoms with Crippen molar-refractivity contribution in [1.29, 1.82) is 0 Å². The van der Waals surface area contributed by atoms with Gasteiger partial charge in [-0.2, -0.15) is 8.75 Å². The first kappa shape index (κ1) is 14.2. The number of aromatic nitrogens is 2. The Morgan fingerprint density at radius 1 is 1.24 bits per heavy atom. The third-order valence-corrected chi connectivity index (χ3v) is 4.24. The fourth-order valence-corrected chi connectivity index (χ4v) is 3.05. The van der Waals surface area contributed by atoms with Gasteiger partial charge in [-0.25, -0.2) is 4.39 Å². The van der Waals surface area contributed by atoms with Crippen LogP contribution < -0.4 is 5.32 Å². The van der Waals surface area contributed by atoms with Gasteiger partial charge < -0.3 is 5.32 Å². The molecule has 1 aromatic heterocycles. The lowest BCUT2D eigenvalue weighted by Crippen LogP contribution is -2.12. The number of nitrogens with zero attached hydrogens (tertiary/aromatic N) is 2. The highest BCUT2D eigenvalue weighted by molar-refractivity contribution is 7.00. The van der Waals surface area contributed by atoms with Crippen LogP contribution in [0.5, 0.6) is 0 Å². The van der Waals surface area contributed by atoms with Gasteiger partial charge in [-0.05, 0) is 24.6 Å². The average molecular weight is 322 g/mol. The summed E-state index contributed by atoms with van der Waals surface area (Å²) in [5, 5.41) is 3.88. The van der Waals surface area contributed by atoms with Gasteiger partial charge in [-0.1, -0.05) is 36.7 Å². The second-order valence-electron chi connectivity index (χ2n) is 4.68. The van der Waals surface area contributed by atoms with Crippen LogP contribution in [0.4, 0.5) is 10.1 Å². The maximum Gasteiger partial charge on any atom is 0.129 e. The molecule has 1 unspecified atom stereocenters. The molecule has 3 nitrogen and oxygen atoms in total. The maximum atomic E-state index is 14.0. The van der Waals surface area contributed by atoms with Crippen LogP contribution in [0.25, 0.3) is 11.0 Å². The molecule has 0 aliphatic heterocycles. The number of rotatable bonds is 4. The van der Waals surface area contributed by atoms with E-state index in [-0.39, 0.29) is 11.9 Å². The van der Waals surface area contributed by atoms with E-state index in [2.05, 4.69) is 14.1 Å². The summed E-state index contributed by atoms with van der Waals surface area (Å²) in [5.41, 5.74) is 2.84. The molecule has 0 spiro atoms. The summed E-state index contributed by atoms with van der Waals surface area (Å²) in [5.74, 6) is -0.225. The molecule has 0 saturated carbocycles. The van der Waals surface area contributed by atoms with Crippen LogP contribution in [0.3, 0.4) is 0 Å². The van der Waals surface area contributed by atoms with Crippen LogP contribution in [-0.4, -0.2) is 8.75 Å². The van der Waals surface area contributed by atoms with Crippen molar-refractivity contribution in [3.63, 3.8) is 0 Å². The summed E-state index contributed by atoms with van der Waals surface area (Å²) in [6, 6.07) is 10.2. The molecular weight excluding hydrogens is 309 g/mol. The molecule has 0 fully saturated rings. The zero-order valence-electron chi connectivity index (χ0n) is 11.3. The van der Waals surface area contributed by atoms with E-state index in [1.54, 1.807) is 18.2 Å². The molecule has 1 N–H and O–H groups in total. The van der Waals surface area contributed by atoms with E-state index in [1.807, 2.05) is 19.1 Å². The van der Waals surface area contributed by atoms with Gasteiger partial charge in [-0.15, -0.1) is 0 Å². The van der Waals surface area contributed by atoms with E-state index in [0.29, 0.717) is 16.3 Å². The third kappa shape index (κ3) is 2.71. The zero-order chi connectivity index (χ0) is 14.8. The van der Waals surface area contributed by atoms with Crippen molar-refractivity contribution in [2.45, 2.75) is 19.4 Å². The Balaban J connectivity index is 2.02. The minimum absolute atomic E-state index is 0.170. The zero-order valence-corrected chi connectivity index (χ0v) is 12.9. The number of hydrogen-bond acceptors (Lipinski definition) is 4. The van der Waals surface area contributed by atoms with Gasteiger partial charge in [0.15, 0.2) is 0 Å². The Hall–Kier alpha value is -1.72. The molecule has 3 rings (SSSR count). The summed E-state index contributed by atoms with van der Waals surface area (Å²) < 4.78 is 22.5. The predicted molar refractivity (Wildman–Crippen MR) is 85.5 cm³/mol. The minimum atomic E-state index is -0.225. The minimum Gasteiger partial charge on any atom is -0.375 e. The Morgan fingerprint density at radius 2 is 2.05 bits per heavy atom. The SMILES string of the molecule is CCC(Nc1c(Cl)ccc2nsnc12)c1ccccc1F. The summed E-state index contributed by atoms with van der Waals surface area (Å²) in [6.45, 7) is 2.00. The number of fused-ring (bicyclic) bond motifs is 1. The molecule has 0 bridgehead atoms. The summed E-state index contributed by atoms with van der Waals surface area (Å²) in [6.07, 6.45) is 0.727. The Bertz CT molecular complexity index is 774. The largest absolute Gasteiger partial charge is 0.375 e. The topological polar surface area (TPSA) is 37.8 Å². The molecule has 2 aromatic carbocycles. The van der Waals surface area contributed by atoms with Crippen LogP contribution in [0.2, 0.25) is 5.02 Å². The second kappa shape index (κ2) is 5.95. The molecule has 0 amide bonds. The lowest BCUT2D eigenvalue weighted by Gasteiger charge is -2.20. The molecule has 1 atom stereocenters. The molecule has 0 radical (unpaired) electrons. The second-order valence-corrected chi connectivity index (χ2v) is 5.62. The van der Waals surface area contributed by atoms with Gasteiger partial charge in [-0.3, -0.25) is 0 Å². The van der Waals surface area contributed by atoms with Crippen molar-refractivity contribution in [1.82, 2.24) is 8.75 Å². The Kier molecular flexibility index (Phi) is 4.03. The molecule has 1 heterocycles. The summed E-state index contributed by atoms with van der Waals surface area (Å²) in [7, 11) is 0. The van der Waals surface area contributed by atoms with E-state index >= 15 is 0 Å². The van der Waals surface area contributed by atoms with Crippen molar-refractivity contribution in [2.75, 3.05) is 5.32 Å². The normalized spacial score (nSPS) is 12.5. The quantitative estimate of drug-likeness (QED) is 0.731. The van der Waals surface area contributed by atoms with Crippen molar-refractivity contribution in [2.24, 2.45) is 0 Å². The Morgan fingerprint density at radius 3 is 2.81 bits per heavy atom. The summed E-state index contributed by atoms with van der Waals surface area (Å²) >= 11 is 7.41. The van der Waals surface area contributed by atoms with Gasteiger partial charge in [0.05, 0.1) is 28.5 Å². The molecule has 0 aliphatic rings. The van der Waals surface area contributed by atoms with Crippen LogP contribution >= 0.6 is 23.3 Å². The number of benzene rings is 2. The third-order valence-electron chi connectivity index (χ3n) is 3.38. The first-order chi connectivity index (χ1) is 10.2. The van der Waals surface area contributed by atoms with Gasteiger partial charge in [0.2, 0.25) is 0 Å². The number of nitrogens with one attached hydrogen (secondary N) is 1. The van der Waals surface area contributed by atoms with E-state index < -0.39 is 0 Å². The molecular formula is C15H13ClFN3S. The fourth-order valence-electron chi connectivity index (χ4n) is 2.30. The number of halogens is 2. The van der Waals surface area contributed by atoms with Gasteiger partial charge in [0, 0.05) is 5.56 Å². The average Bonchev–Trinajstić information content (AvgIpc) is 2.96. The van der Waals surface area contributed by atoms with Gasteiger partial charge in [0.25, 0.3) is 0 Å². The van der Waals surface area contributed by atoms with Gasteiger partial charge >= 0.3 is 0 Å². The Labute approximate surface area is 131 Å². The van der Waals surface area contributed by atoms with Crippen molar-refractivity contribution in [3.8, 4) is 0 Å². The van der Waals surface area contributed by atoms with E-state index in [9.17, 15) is 4.39 Å². The molecule has 21 heavy (non-hydrogen) atoms. The highest BCUT2D eigenvalue weighted by Crippen LogP contribution is 2.34. The number of anilines is 1. The van der Waals surface area contributed by atoms with E-state index in [4.69, 9.17) is 11.6 Å². The monoisotopic (exact) mass is 321 g/mol. The first-order valence-corrected chi connectivity index (χ1v) is 7.73. The highest BCUT2D eigenvalue weighted by Gasteiger charge is 2.17. The molecule has 6 heteroatoms. The maximum absolute atomic E-state index is 14.0.